The molecule has 6 heteroatoms. The largest absolute Gasteiger partial charge is 0.469 e. The van der Waals surface area contributed by atoms with Crippen LogP contribution < -0.4 is 0 Å². The highest BCUT2D eigenvalue weighted by atomic mass is 16.5. The lowest BCUT2D eigenvalue weighted by atomic mass is 9.97. The average molecular weight is 497 g/mol. The second kappa shape index (κ2) is 10.0. The molecule has 0 radical (unpaired) electrons. The minimum Gasteiger partial charge on any atom is -0.469 e. The fraction of sp³-hybridized carbons (Fsp3) is 0.387. The van der Waals surface area contributed by atoms with Crippen LogP contribution in [0.15, 0.2) is 55.8 Å². The van der Waals surface area contributed by atoms with Crippen molar-refractivity contribution in [1.29, 1.82) is 0 Å². The molecule has 0 saturated carbocycles. The molecule has 0 unspecified atom stereocenters. The van der Waals surface area contributed by atoms with E-state index < -0.39 is 0 Å². The van der Waals surface area contributed by atoms with Gasteiger partial charge in [-0.25, -0.2) is 0 Å². The molecule has 0 aromatic carbocycles. The van der Waals surface area contributed by atoms with Crippen LogP contribution in [0.1, 0.15) is 80.9 Å². The van der Waals surface area contributed by atoms with Crippen LogP contribution in [0.2, 0.25) is 0 Å². The fourth-order valence-corrected chi connectivity index (χ4v) is 5.81. The number of aliphatic imine (C=N–C) groups is 2. The van der Waals surface area contributed by atoms with Gasteiger partial charge in [-0.05, 0) is 97.7 Å². The van der Waals surface area contributed by atoms with Crippen molar-refractivity contribution in [3.05, 3.63) is 79.7 Å². The molecule has 3 aliphatic rings. The first-order chi connectivity index (χ1) is 17.8. The highest BCUT2D eigenvalue weighted by molar-refractivity contribution is 6.07. The number of hydrogen-bond acceptors (Lipinski definition) is 4. The zero-order valence-electron chi connectivity index (χ0n) is 22.8. The highest BCUT2D eigenvalue weighted by Crippen LogP contribution is 2.35. The fourth-order valence-electron chi connectivity index (χ4n) is 5.81. The van der Waals surface area contributed by atoms with Gasteiger partial charge in [0, 0.05) is 42.0 Å². The summed E-state index contributed by atoms with van der Waals surface area (Å²) in [5, 5.41) is 0. The van der Waals surface area contributed by atoms with Crippen LogP contribution in [-0.4, -0.2) is 34.5 Å². The molecular formula is C31H36N4O2. The first-order valence-corrected chi connectivity index (χ1v) is 13.3. The smallest absolute Gasteiger partial charge is 0.305 e. The maximum Gasteiger partial charge on any atom is 0.305 e. The van der Waals surface area contributed by atoms with Gasteiger partial charge in [0.2, 0.25) is 0 Å². The molecule has 3 aliphatic heterocycles. The van der Waals surface area contributed by atoms with Crippen LogP contribution in [0.3, 0.4) is 0 Å². The van der Waals surface area contributed by atoms with Crippen LogP contribution in [0.4, 0.5) is 0 Å². The standard InChI is InChI=1S/C31H36N4O2/c1-7-22-17(3)25-13-20-9-10-21(32-20)14-28-24(11-12-31(36)37-6)19(5)27(34-28)15-26-18(4)23(8-2)30(35-26)16-29(22)33-25/h9-10,13,15,32,35H,7-8,11-12,14,16H2,1-6H3. The number of ether oxygens (including phenoxy) is 1. The minimum atomic E-state index is -0.201. The maximum atomic E-state index is 11.9. The van der Waals surface area contributed by atoms with E-state index in [-0.39, 0.29) is 5.97 Å². The molecule has 5 heterocycles. The van der Waals surface area contributed by atoms with Crippen LogP contribution in [-0.2, 0) is 28.8 Å². The molecule has 0 saturated heterocycles. The Morgan fingerprint density at radius 3 is 2.32 bits per heavy atom. The van der Waals surface area contributed by atoms with Crippen LogP contribution in [0, 0.1) is 6.92 Å². The number of hydrogen-bond donors (Lipinski definition) is 2. The monoisotopic (exact) mass is 496 g/mol. The number of nitrogens with zero attached hydrogens (tertiary/aromatic N) is 2. The molecule has 0 atom stereocenters. The molecule has 0 spiro atoms. The SMILES string of the molecule is CCC1=C(C)C2=Cc3ccc([nH]3)CC3=NC(=Cc4[nH]c(c(CC)c4C)CC1=N2)C(C)=C3CCC(=O)OC. The van der Waals surface area contributed by atoms with Gasteiger partial charge in [0.1, 0.15) is 0 Å². The van der Waals surface area contributed by atoms with E-state index in [1.54, 1.807) is 0 Å². The van der Waals surface area contributed by atoms with Crippen molar-refractivity contribution in [2.45, 2.75) is 73.1 Å². The molecule has 0 fully saturated rings. The van der Waals surface area contributed by atoms with Gasteiger partial charge in [-0.15, -0.1) is 0 Å². The van der Waals surface area contributed by atoms with Crippen molar-refractivity contribution in [3.63, 3.8) is 0 Å². The molecule has 8 bridgehead atoms. The predicted molar refractivity (Wildman–Crippen MR) is 151 cm³/mol. The maximum absolute atomic E-state index is 11.9. The molecule has 2 aromatic heterocycles. The number of esters is 1. The molecule has 37 heavy (non-hydrogen) atoms. The molecule has 192 valence electrons. The number of nitrogens with one attached hydrogen (secondary N) is 2. The molecule has 2 aromatic rings. The van der Waals surface area contributed by atoms with Gasteiger partial charge in [0.05, 0.1) is 29.9 Å². The summed E-state index contributed by atoms with van der Waals surface area (Å²) >= 11 is 0. The van der Waals surface area contributed by atoms with E-state index >= 15 is 0 Å². The second-order valence-corrected chi connectivity index (χ2v) is 10.1. The van der Waals surface area contributed by atoms with Crippen molar-refractivity contribution in [2.24, 2.45) is 9.98 Å². The summed E-state index contributed by atoms with van der Waals surface area (Å²) < 4.78 is 4.91. The average Bonchev–Trinajstić information content (AvgIpc) is 3.60. The molecule has 2 N–H and O–H groups in total. The Balaban J connectivity index is 1.66. The van der Waals surface area contributed by atoms with E-state index in [0.717, 1.165) is 70.3 Å². The van der Waals surface area contributed by atoms with Gasteiger partial charge < -0.3 is 14.7 Å². The summed E-state index contributed by atoms with van der Waals surface area (Å²) in [6, 6.07) is 4.23. The van der Waals surface area contributed by atoms with Crippen molar-refractivity contribution < 1.29 is 9.53 Å². The van der Waals surface area contributed by atoms with E-state index in [9.17, 15) is 4.79 Å². The van der Waals surface area contributed by atoms with Gasteiger partial charge >= 0.3 is 5.97 Å². The third-order valence-corrected chi connectivity index (χ3v) is 7.95. The quantitative estimate of drug-likeness (QED) is 0.457. The number of H-pyrrole nitrogens is 2. The summed E-state index contributed by atoms with van der Waals surface area (Å²) in [5.74, 6) is -0.201. The van der Waals surface area contributed by atoms with Gasteiger partial charge in [-0.1, -0.05) is 13.8 Å². The van der Waals surface area contributed by atoms with E-state index in [1.165, 1.54) is 35.1 Å². The van der Waals surface area contributed by atoms with Crippen LogP contribution in [0.25, 0.3) is 12.2 Å². The number of rotatable bonds is 5. The van der Waals surface area contributed by atoms with E-state index in [2.05, 4.69) is 68.9 Å². The number of allylic oxidation sites excluding steroid dienone is 4. The summed E-state index contributed by atoms with van der Waals surface area (Å²) in [6.45, 7) is 10.9. The molecule has 5 rings (SSSR count). The Labute approximate surface area is 219 Å². The first-order valence-electron chi connectivity index (χ1n) is 13.3. The molecule has 0 aliphatic carbocycles. The van der Waals surface area contributed by atoms with E-state index in [0.29, 0.717) is 19.3 Å². The number of methoxy groups -OCH3 is 1. The normalized spacial score (nSPS) is 17.1. The van der Waals surface area contributed by atoms with Gasteiger partial charge in [-0.3, -0.25) is 14.8 Å². The van der Waals surface area contributed by atoms with Crippen LogP contribution in [0.5, 0.6) is 0 Å². The van der Waals surface area contributed by atoms with Crippen molar-refractivity contribution in [2.75, 3.05) is 7.11 Å². The molecule has 6 nitrogen and oxygen atoms in total. The predicted octanol–water partition coefficient (Wildman–Crippen LogP) is 6.60. The second-order valence-electron chi connectivity index (χ2n) is 10.1. The Bertz CT molecular complexity index is 1470. The zero-order chi connectivity index (χ0) is 26.3. The van der Waals surface area contributed by atoms with Gasteiger partial charge in [-0.2, -0.15) is 0 Å². The number of aromatic nitrogens is 2. The minimum absolute atomic E-state index is 0.201. The van der Waals surface area contributed by atoms with Crippen molar-refractivity contribution in [3.8, 4) is 0 Å². The van der Waals surface area contributed by atoms with E-state index in [4.69, 9.17) is 14.7 Å². The Morgan fingerprint density at radius 2 is 1.62 bits per heavy atom. The van der Waals surface area contributed by atoms with Crippen molar-refractivity contribution in [1.82, 2.24) is 9.97 Å². The first kappa shape index (κ1) is 25.0. The number of fused-ring (bicyclic) bond motifs is 6. The molecular weight excluding hydrogens is 460 g/mol. The summed E-state index contributed by atoms with van der Waals surface area (Å²) in [5.41, 5.74) is 16.1. The highest BCUT2D eigenvalue weighted by Gasteiger charge is 2.25. The lowest BCUT2D eigenvalue weighted by molar-refractivity contribution is -0.140. The van der Waals surface area contributed by atoms with Crippen molar-refractivity contribution >= 4 is 29.5 Å². The lowest BCUT2D eigenvalue weighted by Crippen LogP contribution is -2.08. The van der Waals surface area contributed by atoms with Gasteiger partial charge in [0.25, 0.3) is 0 Å². The Morgan fingerprint density at radius 1 is 0.919 bits per heavy atom. The summed E-state index contributed by atoms with van der Waals surface area (Å²) in [4.78, 5) is 29.4. The number of carbonyl (C=O) groups excluding carboxylic acids is 1. The van der Waals surface area contributed by atoms with Crippen LogP contribution >= 0.6 is 0 Å². The topological polar surface area (TPSA) is 82.6 Å². The number of aromatic amines is 2. The third kappa shape index (κ3) is 4.61. The Hall–Kier alpha value is -3.67. The van der Waals surface area contributed by atoms with E-state index in [1.807, 2.05) is 0 Å². The zero-order valence-corrected chi connectivity index (χ0v) is 22.8. The van der Waals surface area contributed by atoms with Gasteiger partial charge in [0.15, 0.2) is 0 Å². The number of carbonyl (C=O) groups is 1. The third-order valence-electron chi connectivity index (χ3n) is 7.95. The molecule has 0 amide bonds. The Kier molecular flexibility index (Phi) is 6.76. The lowest BCUT2D eigenvalue weighted by Gasteiger charge is -2.07. The summed E-state index contributed by atoms with van der Waals surface area (Å²) in [7, 11) is 1.44. The summed E-state index contributed by atoms with van der Waals surface area (Å²) in [6.07, 6.45) is 8.67.